The predicted molar refractivity (Wildman–Crippen MR) is 74.1 cm³/mol. The Morgan fingerprint density at radius 2 is 1.05 bits per heavy atom. The number of rotatable bonds is 3. The summed E-state index contributed by atoms with van der Waals surface area (Å²) < 4.78 is 120. The van der Waals surface area contributed by atoms with Crippen molar-refractivity contribution in [3.8, 4) is 0 Å². The van der Waals surface area contributed by atoms with Gasteiger partial charge in [-0.2, -0.15) is 36.2 Å². The minimum Gasteiger partial charge on any atom is -0.214 e. The van der Waals surface area contributed by atoms with Gasteiger partial charge in [-0.3, -0.25) is 0 Å². The molecule has 0 spiro atoms. The highest BCUT2D eigenvalue weighted by Crippen LogP contribution is 2.59. The maximum absolute atomic E-state index is 12.5. The highest BCUT2D eigenvalue weighted by atomic mass is 33.1. The molecule has 0 heterocycles. The lowest BCUT2D eigenvalue weighted by Crippen LogP contribution is -2.33. The van der Waals surface area contributed by atoms with Gasteiger partial charge in [-0.05, 0) is 0 Å². The van der Waals surface area contributed by atoms with Crippen LogP contribution in [0, 0.1) is 0 Å². The second kappa shape index (κ2) is 6.59. The second-order valence-electron chi connectivity index (χ2n) is 3.43. The van der Waals surface area contributed by atoms with Crippen LogP contribution in [0.1, 0.15) is 0 Å². The van der Waals surface area contributed by atoms with Crippen LogP contribution in [-0.2, 0) is 18.9 Å². The maximum atomic E-state index is 12.5. The normalized spacial score (nSPS) is 13.8. The van der Waals surface area contributed by atoms with E-state index in [-0.39, 0.29) is 9.90 Å². The summed E-state index contributed by atoms with van der Waals surface area (Å²) >= 11 is 0. The molecule has 0 aromatic heterocycles. The first kappa shape index (κ1) is 21.6. The lowest BCUT2D eigenvalue weighted by Gasteiger charge is -2.20. The summed E-state index contributed by atoms with van der Waals surface area (Å²) in [4.78, 5) is 0. The molecular weight excluding hydrogens is 400 g/mol. The molecule has 1 rings (SSSR count). The van der Waals surface area contributed by atoms with Crippen LogP contribution in [0.4, 0.5) is 26.3 Å². The quantitative estimate of drug-likeness (QED) is 0.570. The molecule has 0 aliphatic carbocycles. The monoisotopic (exact) mass is 408 g/mol. The summed E-state index contributed by atoms with van der Waals surface area (Å²) in [5, 5.41) is -1.08. The lowest BCUT2D eigenvalue weighted by molar-refractivity contribution is -0.0417. The molecule has 4 nitrogen and oxygen atoms in total. The molecule has 1 unspecified atom stereocenters. The van der Waals surface area contributed by atoms with E-state index >= 15 is 0 Å². The van der Waals surface area contributed by atoms with Gasteiger partial charge >= 0.3 is 11.0 Å². The summed E-state index contributed by atoms with van der Waals surface area (Å²) in [6.45, 7) is 0. The van der Waals surface area contributed by atoms with E-state index < -0.39 is 41.6 Å². The molecule has 0 saturated carbocycles. The molecule has 22 heavy (non-hydrogen) atoms. The Hall–Kier alpha value is -0.440. The summed E-state index contributed by atoms with van der Waals surface area (Å²) in [6.07, 6.45) is -4.62. The first-order chi connectivity index (χ1) is 9.23. The van der Waals surface area contributed by atoms with Crippen LogP contribution in [0.5, 0.6) is 0 Å². The lowest BCUT2D eigenvalue weighted by atomic mass is 10.4. The van der Waals surface area contributed by atoms with E-state index in [2.05, 4.69) is 0 Å². The fourth-order valence-electron chi connectivity index (χ4n) is 1.14. The molecule has 0 aliphatic heterocycles. The fraction of sp³-hybridized carbons (Fsp3) is 0.250. The van der Waals surface area contributed by atoms with E-state index in [0.717, 1.165) is 12.1 Å². The first-order valence-electron chi connectivity index (χ1n) is 4.71. The van der Waals surface area contributed by atoms with Crippen molar-refractivity contribution < 1.29 is 43.2 Å². The molecule has 0 radical (unpaired) electrons. The van der Waals surface area contributed by atoms with Crippen LogP contribution in [0.2, 0.25) is 0 Å². The van der Waals surface area contributed by atoms with Gasteiger partial charge in [0.05, 0.1) is 0 Å². The molecular formula is C8H8F6O4P2S2. The number of hydrogen-bond donors (Lipinski definition) is 0. The SMILES string of the molecule is O=S(=O)(P(c1ccccc1)S(=O)(=O)C(F)(F)F)C(F)(F)F.P. The molecule has 0 fully saturated rings. The Labute approximate surface area is 125 Å². The third kappa shape index (κ3) is 3.90. The van der Waals surface area contributed by atoms with Gasteiger partial charge in [0.25, 0.3) is 18.9 Å². The summed E-state index contributed by atoms with van der Waals surface area (Å²) in [6, 6.07) is 4.21. The second-order valence-corrected chi connectivity index (χ2v) is 13.1. The number of benzene rings is 1. The predicted octanol–water partition coefficient (Wildman–Crippen LogP) is 2.55. The van der Waals surface area contributed by atoms with Crippen LogP contribution in [0.3, 0.4) is 0 Å². The standard InChI is InChI=1S/C8H5F6O4PS2.H3P/c9-7(10,11)20(15,16)19(6-4-2-1-3-5-6)21(17,18)8(12,13)14;/h1-5H;1H3. The van der Waals surface area contributed by atoms with Crippen LogP contribution >= 0.6 is 16.2 Å². The third-order valence-electron chi connectivity index (χ3n) is 1.99. The number of halogens is 6. The smallest absolute Gasteiger partial charge is 0.214 e. The zero-order valence-electron chi connectivity index (χ0n) is 10.3. The summed E-state index contributed by atoms with van der Waals surface area (Å²) in [5.41, 5.74) is -12.3. The van der Waals surface area contributed by atoms with E-state index in [1.807, 2.05) is 0 Å². The Kier molecular flexibility index (Phi) is 6.45. The van der Waals surface area contributed by atoms with Crippen molar-refractivity contribution in [2.75, 3.05) is 0 Å². The molecule has 14 heteroatoms. The van der Waals surface area contributed by atoms with Crippen molar-refractivity contribution in [1.29, 1.82) is 0 Å². The Bertz CT molecular complexity index is 667. The zero-order chi connectivity index (χ0) is 16.7. The minimum atomic E-state index is -6.58. The number of hydrogen-bond acceptors (Lipinski definition) is 4. The Balaban J connectivity index is 0.00000441. The minimum absolute atomic E-state index is 0. The molecule has 0 bridgehead atoms. The highest BCUT2D eigenvalue weighted by Gasteiger charge is 2.63. The first-order valence-corrected chi connectivity index (χ1v) is 10.2. The van der Waals surface area contributed by atoms with E-state index in [1.165, 1.54) is 6.07 Å². The molecule has 0 N–H and O–H groups in total. The van der Waals surface area contributed by atoms with Gasteiger partial charge in [0.15, 0.2) is 6.33 Å². The van der Waals surface area contributed by atoms with Crippen molar-refractivity contribution in [3.63, 3.8) is 0 Å². The largest absolute Gasteiger partial charge is 0.502 e. The van der Waals surface area contributed by atoms with Crippen LogP contribution in [0.25, 0.3) is 0 Å². The third-order valence-corrected chi connectivity index (χ3v) is 13.4. The van der Waals surface area contributed by atoms with E-state index in [4.69, 9.17) is 0 Å². The van der Waals surface area contributed by atoms with E-state index in [0.29, 0.717) is 12.1 Å². The molecule has 1 atom stereocenters. The molecule has 1 aromatic carbocycles. The molecule has 0 amide bonds. The highest BCUT2D eigenvalue weighted by molar-refractivity contribution is 8.84. The molecule has 0 saturated heterocycles. The van der Waals surface area contributed by atoms with Gasteiger partial charge in [-0.25, -0.2) is 16.8 Å². The topological polar surface area (TPSA) is 68.3 Å². The van der Waals surface area contributed by atoms with E-state index in [1.54, 1.807) is 0 Å². The molecule has 128 valence electrons. The summed E-state index contributed by atoms with van der Waals surface area (Å²) in [5.74, 6) is 0. The Morgan fingerprint density at radius 3 is 1.32 bits per heavy atom. The average molecular weight is 408 g/mol. The van der Waals surface area contributed by atoms with Gasteiger partial charge in [0.2, 0.25) is 0 Å². The average Bonchev–Trinajstić information content (AvgIpc) is 2.26. The summed E-state index contributed by atoms with van der Waals surface area (Å²) in [7, 11) is -13.2. The fourth-order valence-corrected chi connectivity index (χ4v) is 10.9. The van der Waals surface area contributed by atoms with E-state index in [9.17, 15) is 43.2 Å². The van der Waals surface area contributed by atoms with Crippen molar-refractivity contribution in [2.24, 2.45) is 0 Å². The maximum Gasteiger partial charge on any atom is 0.502 e. The van der Waals surface area contributed by atoms with Gasteiger partial charge < -0.3 is 0 Å². The molecule has 0 aliphatic rings. The van der Waals surface area contributed by atoms with Gasteiger partial charge in [-0.15, -0.1) is 0 Å². The van der Waals surface area contributed by atoms with Crippen molar-refractivity contribution in [3.05, 3.63) is 30.3 Å². The van der Waals surface area contributed by atoms with Gasteiger partial charge in [-0.1, -0.05) is 30.3 Å². The van der Waals surface area contributed by atoms with Crippen molar-refractivity contribution >= 4 is 40.4 Å². The van der Waals surface area contributed by atoms with Crippen molar-refractivity contribution in [2.45, 2.75) is 11.0 Å². The van der Waals surface area contributed by atoms with Crippen LogP contribution < -0.4 is 5.30 Å². The van der Waals surface area contributed by atoms with Crippen LogP contribution in [0.15, 0.2) is 30.3 Å². The zero-order valence-corrected chi connectivity index (χ0v) is 14.2. The van der Waals surface area contributed by atoms with Crippen molar-refractivity contribution in [1.82, 2.24) is 0 Å². The van der Waals surface area contributed by atoms with Crippen LogP contribution in [-0.4, -0.2) is 27.9 Å². The number of alkyl halides is 6. The van der Waals surface area contributed by atoms with Gasteiger partial charge in [0.1, 0.15) is 0 Å². The Morgan fingerprint density at radius 1 is 0.727 bits per heavy atom. The molecule has 1 aromatic rings. The van der Waals surface area contributed by atoms with Gasteiger partial charge in [0, 0.05) is 5.30 Å².